The number of fused-ring (bicyclic) bond motifs is 1. The third-order valence-electron chi connectivity index (χ3n) is 6.68. The van der Waals surface area contributed by atoms with Gasteiger partial charge in [0.15, 0.2) is 5.82 Å². The Morgan fingerprint density at radius 1 is 1.06 bits per heavy atom. The van der Waals surface area contributed by atoms with E-state index in [0.717, 1.165) is 57.2 Å². The van der Waals surface area contributed by atoms with Crippen LogP contribution >= 0.6 is 0 Å². The van der Waals surface area contributed by atoms with E-state index in [1.165, 1.54) is 12.8 Å². The number of hydrogen-bond donors (Lipinski definition) is 0. The fourth-order valence-electron chi connectivity index (χ4n) is 4.54. The topological polar surface area (TPSA) is 98.1 Å². The van der Waals surface area contributed by atoms with Gasteiger partial charge in [0.25, 0.3) is 0 Å². The summed E-state index contributed by atoms with van der Waals surface area (Å²) in [7, 11) is 0. The number of benzene rings is 1. The second kappa shape index (κ2) is 8.44. The lowest BCUT2D eigenvalue weighted by Gasteiger charge is -2.09. The zero-order valence-corrected chi connectivity index (χ0v) is 19.7. The summed E-state index contributed by atoms with van der Waals surface area (Å²) in [6.45, 7) is 5.02. The fourth-order valence-corrected chi connectivity index (χ4v) is 4.54. The van der Waals surface area contributed by atoms with Crippen molar-refractivity contribution in [1.82, 2.24) is 34.5 Å². The maximum Gasteiger partial charge on any atom is 0.157 e. The Bertz CT molecular complexity index is 1580. The standard InChI is InChI=1S/C27H24N8/c1-17-25(34(15-20-3-4-20)33-27(17)21-7-5-19(13-28)6-8-21)11-22-12-26(31-16-30-22)35-24-9-10-29-14-23(24)18(2)32-35/h5-10,12,14,16,20H,3-4,11,15H2,1-2H3. The molecule has 1 saturated carbocycles. The molecule has 8 nitrogen and oxygen atoms in total. The first-order chi connectivity index (χ1) is 17.1. The zero-order valence-electron chi connectivity index (χ0n) is 19.7. The van der Waals surface area contributed by atoms with E-state index in [2.05, 4.69) is 32.6 Å². The molecule has 1 fully saturated rings. The average molecular weight is 461 g/mol. The molecule has 0 radical (unpaired) electrons. The molecule has 1 aliphatic carbocycles. The molecule has 0 amide bonds. The zero-order chi connectivity index (χ0) is 23.9. The van der Waals surface area contributed by atoms with Crippen LogP contribution in [0.1, 0.15) is 41.1 Å². The summed E-state index contributed by atoms with van der Waals surface area (Å²) in [5, 5.41) is 19.9. The van der Waals surface area contributed by atoms with Gasteiger partial charge in [0.05, 0.1) is 34.2 Å². The molecule has 0 N–H and O–H groups in total. The summed E-state index contributed by atoms with van der Waals surface area (Å²) in [4.78, 5) is 13.3. The van der Waals surface area contributed by atoms with E-state index in [1.54, 1.807) is 12.5 Å². The van der Waals surface area contributed by atoms with Crippen molar-refractivity contribution in [1.29, 1.82) is 5.26 Å². The molecule has 0 bridgehead atoms. The highest BCUT2D eigenvalue weighted by atomic mass is 15.3. The highest BCUT2D eigenvalue weighted by molar-refractivity contribution is 5.81. The number of pyridine rings is 1. The SMILES string of the molecule is Cc1c(-c2ccc(C#N)cc2)nn(CC2CC2)c1Cc1cc(-n2nc(C)c3cnccc32)ncn1. The minimum atomic E-state index is 0.648. The summed E-state index contributed by atoms with van der Waals surface area (Å²) in [6, 6.07) is 13.8. The Kier molecular flexibility index (Phi) is 5.10. The van der Waals surface area contributed by atoms with Gasteiger partial charge >= 0.3 is 0 Å². The Morgan fingerprint density at radius 3 is 2.66 bits per heavy atom. The first-order valence-corrected chi connectivity index (χ1v) is 11.8. The molecular formula is C27H24N8. The van der Waals surface area contributed by atoms with Crippen molar-refractivity contribution in [3.63, 3.8) is 0 Å². The van der Waals surface area contributed by atoms with Crippen molar-refractivity contribution in [2.75, 3.05) is 0 Å². The predicted molar refractivity (Wildman–Crippen MR) is 132 cm³/mol. The van der Waals surface area contributed by atoms with Gasteiger partial charge in [0, 0.05) is 48.1 Å². The van der Waals surface area contributed by atoms with Crippen molar-refractivity contribution in [2.24, 2.45) is 5.92 Å². The molecule has 0 saturated heterocycles. The number of hydrogen-bond acceptors (Lipinski definition) is 6. The molecule has 1 aromatic carbocycles. The van der Waals surface area contributed by atoms with Gasteiger partial charge in [0.2, 0.25) is 0 Å². The number of nitriles is 1. The summed E-state index contributed by atoms with van der Waals surface area (Å²) in [5.74, 6) is 1.42. The van der Waals surface area contributed by atoms with Crippen molar-refractivity contribution >= 4 is 10.9 Å². The van der Waals surface area contributed by atoms with E-state index in [0.29, 0.717) is 17.9 Å². The van der Waals surface area contributed by atoms with Gasteiger partial charge in [-0.2, -0.15) is 15.5 Å². The quantitative estimate of drug-likeness (QED) is 0.368. The first-order valence-electron chi connectivity index (χ1n) is 11.8. The molecule has 172 valence electrons. The molecule has 4 aromatic heterocycles. The van der Waals surface area contributed by atoms with Crippen molar-refractivity contribution < 1.29 is 0 Å². The van der Waals surface area contributed by atoms with Crippen LogP contribution in [0.25, 0.3) is 28.0 Å². The van der Waals surface area contributed by atoms with E-state index >= 15 is 0 Å². The van der Waals surface area contributed by atoms with Gasteiger partial charge in [-0.05, 0) is 56.4 Å². The summed E-state index contributed by atoms with van der Waals surface area (Å²) < 4.78 is 4.01. The van der Waals surface area contributed by atoms with E-state index in [1.807, 2.05) is 54.2 Å². The highest BCUT2D eigenvalue weighted by Gasteiger charge is 2.25. The number of aryl methyl sites for hydroxylation is 1. The lowest BCUT2D eigenvalue weighted by atomic mass is 10.0. The van der Waals surface area contributed by atoms with E-state index in [4.69, 9.17) is 15.5 Å². The fraction of sp³-hybridized carbons (Fsp3) is 0.259. The maximum absolute atomic E-state index is 9.15. The van der Waals surface area contributed by atoms with Gasteiger partial charge < -0.3 is 0 Å². The smallest absolute Gasteiger partial charge is 0.157 e. The number of rotatable bonds is 6. The first kappa shape index (κ1) is 21.2. The third kappa shape index (κ3) is 3.95. The monoisotopic (exact) mass is 460 g/mol. The largest absolute Gasteiger partial charge is 0.268 e. The van der Waals surface area contributed by atoms with E-state index in [9.17, 15) is 0 Å². The van der Waals surface area contributed by atoms with E-state index < -0.39 is 0 Å². The van der Waals surface area contributed by atoms with Gasteiger partial charge in [-0.15, -0.1) is 0 Å². The average Bonchev–Trinajstić information content (AvgIpc) is 3.58. The highest BCUT2D eigenvalue weighted by Crippen LogP contribution is 2.33. The van der Waals surface area contributed by atoms with Crippen molar-refractivity contribution in [3.8, 4) is 23.1 Å². The minimum absolute atomic E-state index is 0.648. The van der Waals surface area contributed by atoms with Crippen LogP contribution in [0.15, 0.2) is 55.1 Å². The minimum Gasteiger partial charge on any atom is -0.268 e. The van der Waals surface area contributed by atoms with Gasteiger partial charge in [-0.25, -0.2) is 14.6 Å². The molecule has 35 heavy (non-hydrogen) atoms. The summed E-state index contributed by atoms with van der Waals surface area (Å²) >= 11 is 0. The molecule has 1 aliphatic rings. The van der Waals surface area contributed by atoms with Crippen LogP contribution in [-0.2, 0) is 13.0 Å². The molecule has 0 aliphatic heterocycles. The molecule has 4 heterocycles. The van der Waals surface area contributed by atoms with Crippen LogP contribution < -0.4 is 0 Å². The van der Waals surface area contributed by atoms with Gasteiger partial charge in [-0.1, -0.05) is 12.1 Å². The number of aromatic nitrogens is 7. The Morgan fingerprint density at radius 2 is 1.89 bits per heavy atom. The van der Waals surface area contributed by atoms with E-state index in [-0.39, 0.29) is 0 Å². The Labute approximate surface area is 202 Å². The van der Waals surface area contributed by atoms with Crippen LogP contribution in [0.3, 0.4) is 0 Å². The normalized spacial score (nSPS) is 13.3. The molecule has 0 unspecified atom stereocenters. The molecule has 0 atom stereocenters. The molecule has 6 rings (SSSR count). The number of nitrogens with zero attached hydrogens (tertiary/aromatic N) is 8. The molecule has 0 spiro atoms. The summed E-state index contributed by atoms with van der Waals surface area (Å²) in [5.41, 5.74) is 7.73. The van der Waals surface area contributed by atoms with Gasteiger partial charge in [0.1, 0.15) is 6.33 Å². The van der Waals surface area contributed by atoms with Crippen LogP contribution in [0.4, 0.5) is 0 Å². The predicted octanol–water partition coefficient (Wildman–Crippen LogP) is 4.56. The lowest BCUT2D eigenvalue weighted by molar-refractivity contribution is 0.544. The second-order valence-corrected chi connectivity index (χ2v) is 9.17. The Hall–Kier alpha value is -4.38. The molecular weight excluding hydrogens is 436 g/mol. The van der Waals surface area contributed by atoms with Crippen LogP contribution in [0, 0.1) is 31.1 Å². The maximum atomic E-state index is 9.15. The lowest BCUT2D eigenvalue weighted by Crippen LogP contribution is -2.09. The van der Waals surface area contributed by atoms with Gasteiger partial charge in [-0.3, -0.25) is 9.67 Å². The van der Waals surface area contributed by atoms with Crippen LogP contribution in [0.2, 0.25) is 0 Å². The Balaban J connectivity index is 1.38. The summed E-state index contributed by atoms with van der Waals surface area (Å²) in [6.07, 6.45) is 8.36. The van der Waals surface area contributed by atoms with Crippen LogP contribution in [-0.4, -0.2) is 34.5 Å². The van der Waals surface area contributed by atoms with Crippen molar-refractivity contribution in [3.05, 3.63) is 83.3 Å². The van der Waals surface area contributed by atoms with Crippen molar-refractivity contribution in [2.45, 2.75) is 39.7 Å². The molecule has 5 aromatic rings. The second-order valence-electron chi connectivity index (χ2n) is 9.17. The molecule has 8 heteroatoms. The third-order valence-corrected chi connectivity index (χ3v) is 6.68. The van der Waals surface area contributed by atoms with Crippen LogP contribution in [0.5, 0.6) is 0 Å².